The van der Waals surface area contributed by atoms with Gasteiger partial charge in [-0.2, -0.15) is 0 Å². The van der Waals surface area contributed by atoms with E-state index in [0.29, 0.717) is 10.1 Å². The lowest BCUT2D eigenvalue weighted by molar-refractivity contribution is 0.102. The van der Waals surface area contributed by atoms with Crippen LogP contribution in [0.3, 0.4) is 0 Å². The molecule has 8 nitrogen and oxygen atoms in total. The summed E-state index contributed by atoms with van der Waals surface area (Å²) in [4.78, 5) is 13.6. The van der Waals surface area contributed by atoms with E-state index in [-0.39, 0.29) is 22.7 Å². The summed E-state index contributed by atoms with van der Waals surface area (Å²) in [6.07, 6.45) is 0. The fourth-order valence-corrected chi connectivity index (χ4v) is 6.18. The molecule has 0 aliphatic heterocycles. The molecule has 0 unspecified atom stereocenters. The van der Waals surface area contributed by atoms with Gasteiger partial charge in [-0.15, -0.1) is 10.2 Å². The van der Waals surface area contributed by atoms with Crippen molar-refractivity contribution >= 4 is 38.1 Å². The molecule has 0 aliphatic carbocycles. The van der Waals surface area contributed by atoms with Crippen LogP contribution in [0, 0.1) is 0 Å². The first-order chi connectivity index (χ1) is 19.0. The molecule has 5 rings (SSSR count). The Balaban J connectivity index is 1.47. The Morgan fingerprint density at radius 3 is 2.18 bits per heavy atom. The number of hydrogen-bond acceptors (Lipinski definition) is 7. The van der Waals surface area contributed by atoms with Crippen LogP contribution in [-0.4, -0.2) is 31.6 Å². The Labute approximate surface area is 230 Å². The number of amides is 1. The molecule has 39 heavy (non-hydrogen) atoms. The van der Waals surface area contributed by atoms with Gasteiger partial charge in [0.2, 0.25) is 5.13 Å². The summed E-state index contributed by atoms with van der Waals surface area (Å²) < 4.78 is 34.1. The number of benzene rings is 4. The number of anilines is 2. The molecule has 1 N–H and O–H groups in total. The van der Waals surface area contributed by atoms with Crippen LogP contribution < -0.4 is 14.4 Å². The zero-order valence-electron chi connectivity index (χ0n) is 20.9. The Morgan fingerprint density at radius 1 is 0.846 bits per heavy atom. The molecule has 1 amide bonds. The summed E-state index contributed by atoms with van der Waals surface area (Å²) >= 11 is 1.21. The molecule has 1 heterocycles. The maximum absolute atomic E-state index is 13.8. The van der Waals surface area contributed by atoms with Gasteiger partial charge in [0.1, 0.15) is 10.8 Å². The lowest BCUT2D eigenvalue weighted by Crippen LogP contribution is -2.32. The van der Waals surface area contributed by atoms with Gasteiger partial charge in [0.05, 0.1) is 29.8 Å². The summed E-state index contributed by atoms with van der Waals surface area (Å²) in [5, 5.41) is 12.0. The van der Waals surface area contributed by atoms with Gasteiger partial charge in [-0.1, -0.05) is 72.0 Å². The van der Waals surface area contributed by atoms with Crippen molar-refractivity contribution in [3.63, 3.8) is 0 Å². The number of nitrogens with one attached hydrogen (secondary N) is 1. The zero-order chi connectivity index (χ0) is 27.2. The third-order valence-electron chi connectivity index (χ3n) is 5.90. The van der Waals surface area contributed by atoms with Crippen molar-refractivity contribution in [2.45, 2.75) is 11.4 Å². The molecule has 0 saturated heterocycles. The van der Waals surface area contributed by atoms with Crippen LogP contribution in [0.4, 0.5) is 10.8 Å². The van der Waals surface area contributed by atoms with Gasteiger partial charge >= 0.3 is 0 Å². The number of para-hydroxylation sites is 1. The van der Waals surface area contributed by atoms with E-state index < -0.39 is 15.9 Å². The minimum atomic E-state index is -4.00. The van der Waals surface area contributed by atoms with Gasteiger partial charge in [-0.05, 0) is 54.1 Å². The third-order valence-corrected chi connectivity index (χ3v) is 8.56. The molecule has 4 aromatic carbocycles. The zero-order valence-corrected chi connectivity index (χ0v) is 22.5. The second-order valence-corrected chi connectivity index (χ2v) is 11.3. The van der Waals surface area contributed by atoms with Crippen LogP contribution in [0.2, 0.25) is 0 Å². The van der Waals surface area contributed by atoms with E-state index in [1.54, 1.807) is 49.6 Å². The quantitative estimate of drug-likeness (QED) is 0.244. The molecule has 1 aromatic heterocycles. The highest BCUT2D eigenvalue weighted by Gasteiger charge is 2.28. The predicted molar refractivity (Wildman–Crippen MR) is 153 cm³/mol. The molecule has 0 bridgehead atoms. The average molecular weight is 557 g/mol. The summed E-state index contributed by atoms with van der Waals surface area (Å²) in [6, 6.07) is 31.4. The molecule has 0 spiro atoms. The third kappa shape index (κ3) is 5.82. The average Bonchev–Trinajstić information content (AvgIpc) is 3.45. The van der Waals surface area contributed by atoms with Crippen LogP contribution in [0.25, 0.3) is 10.6 Å². The van der Waals surface area contributed by atoms with Crippen molar-refractivity contribution in [1.29, 1.82) is 0 Å². The Bertz CT molecular complexity index is 1670. The number of carbonyl (C=O) groups is 1. The van der Waals surface area contributed by atoms with Crippen molar-refractivity contribution in [2.24, 2.45) is 0 Å². The number of methoxy groups -OCH3 is 1. The Kier molecular flexibility index (Phi) is 7.67. The maximum atomic E-state index is 13.8. The highest BCUT2D eigenvalue weighted by Crippen LogP contribution is 2.31. The molecular formula is C29H24N4O4S2. The lowest BCUT2D eigenvalue weighted by atomic mass is 10.1. The van der Waals surface area contributed by atoms with Gasteiger partial charge in [0.25, 0.3) is 15.9 Å². The van der Waals surface area contributed by atoms with Gasteiger partial charge in [0.15, 0.2) is 0 Å². The van der Waals surface area contributed by atoms with Gasteiger partial charge in [0, 0.05) is 5.56 Å². The second kappa shape index (κ2) is 11.5. The summed E-state index contributed by atoms with van der Waals surface area (Å²) in [5.74, 6) is 0.225. The normalized spacial score (nSPS) is 11.1. The minimum Gasteiger partial charge on any atom is -0.497 e. The topological polar surface area (TPSA) is 101 Å². The van der Waals surface area contributed by atoms with E-state index in [4.69, 9.17) is 4.74 Å². The predicted octanol–water partition coefficient (Wildman–Crippen LogP) is 5.86. The standard InChI is InChI=1S/C29H24N4O4S2/c1-37-23-18-16-22(17-19-23)28-31-32-29(38-28)30-27(34)25-14-8-9-15-26(25)33(20-21-10-4-2-5-11-21)39(35,36)24-12-6-3-7-13-24/h2-19H,20H2,1H3,(H,30,32,34). The number of carbonyl (C=O) groups excluding carboxylic acids is 1. The molecule has 0 radical (unpaired) electrons. The van der Waals surface area contributed by atoms with E-state index in [0.717, 1.165) is 16.9 Å². The molecule has 0 fully saturated rings. The fourth-order valence-electron chi connectivity index (χ4n) is 3.94. The monoisotopic (exact) mass is 556 g/mol. The molecule has 0 saturated carbocycles. The van der Waals surface area contributed by atoms with Crippen molar-refractivity contribution in [1.82, 2.24) is 10.2 Å². The van der Waals surface area contributed by atoms with Crippen LogP contribution in [0.15, 0.2) is 114 Å². The van der Waals surface area contributed by atoms with E-state index >= 15 is 0 Å². The molecule has 0 atom stereocenters. The van der Waals surface area contributed by atoms with Crippen LogP contribution >= 0.6 is 11.3 Å². The van der Waals surface area contributed by atoms with E-state index in [1.165, 1.54) is 27.8 Å². The van der Waals surface area contributed by atoms with Crippen LogP contribution in [-0.2, 0) is 16.6 Å². The molecule has 0 aliphatic rings. The Morgan fingerprint density at radius 2 is 1.49 bits per heavy atom. The number of aromatic nitrogens is 2. The fraction of sp³-hybridized carbons (Fsp3) is 0.0690. The molecule has 5 aromatic rings. The summed E-state index contributed by atoms with van der Waals surface area (Å²) in [7, 11) is -2.41. The number of rotatable bonds is 9. The number of ether oxygens (including phenoxy) is 1. The number of hydrogen-bond donors (Lipinski definition) is 1. The number of nitrogens with zero attached hydrogens (tertiary/aromatic N) is 3. The first-order valence-corrected chi connectivity index (χ1v) is 14.2. The molecular weight excluding hydrogens is 532 g/mol. The smallest absolute Gasteiger partial charge is 0.264 e. The van der Waals surface area contributed by atoms with Crippen LogP contribution in [0.1, 0.15) is 15.9 Å². The summed E-state index contributed by atoms with van der Waals surface area (Å²) in [5.41, 5.74) is 2.05. The van der Waals surface area contributed by atoms with Crippen LogP contribution in [0.5, 0.6) is 5.75 Å². The van der Waals surface area contributed by atoms with E-state index in [9.17, 15) is 13.2 Å². The van der Waals surface area contributed by atoms with Crippen molar-refractivity contribution in [3.8, 4) is 16.3 Å². The minimum absolute atomic E-state index is 0.0444. The SMILES string of the molecule is COc1ccc(-c2nnc(NC(=O)c3ccccc3N(Cc3ccccc3)S(=O)(=O)c3ccccc3)s2)cc1. The second-order valence-electron chi connectivity index (χ2n) is 8.42. The first-order valence-electron chi connectivity index (χ1n) is 12.0. The van der Waals surface area contributed by atoms with E-state index in [2.05, 4.69) is 15.5 Å². The highest BCUT2D eigenvalue weighted by atomic mass is 32.2. The van der Waals surface area contributed by atoms with Gasteiger partial charge in [-0.3, -0.25) is 14.4 Å². The van der Waals surface area contributed by atoms with Gasteiger partial charge < -0.3 is 4.74 Å². The van der Waals surface area contributed by atoms with Crippen molar-refractivity contribution < 1.29 is 17.9 Å². The van der Waals surface area contributed by atoms with Gasteiger partial charge in [-0.25, -0.2) is 8.42 Å². The lowest BCUT2D eigenvalue weighted by Gasteiger charge is -2.26. The molecule has 196 valence electrons. The first kappa shape index (κ1) is 26.1. The maximum Gasteiger partial charge on any atom is 0.264 e. The Hall–Kier alpha value is -4.54. The van der Waals surface area contributed by atoms with Crippen molar-refractivity contribution in [3.05, 3.63) is 120 Å². The molecule has 10 heteroatoms. The highest BCUT2D eigenvalue weighted by molar-refractivity contribution is 7.92. The van der Waals surface area contributed by atoms with E-state index in [1.807, 2.05) is 54.6 Å². The number of sulfonamides is 1. The van der Waals surface area contributed by atoms with Crippen molar-refractivity contribution in [2.75, 3.05) is 16.7 Å². The summed E-state index contributed by atoms with van der Waals surface area (Å²) in [6.45, 7) is 0.0444. The largest absolute Gasteiger partial charge is 0.497 e.